The molecule has 1 aliphatic rings. The van der Waals surface area contributed by atoms with Crippen LogP contribution in [0.5, 0.6) is 5.75 Å². The summed E-state index contributed by atoms with van der Waals surface area (Å²) in [5.41, 5.74) is 4.10. The average Bonchev–Trinajstić information content (AvgIpc) is 2.95. The van der Waals surface area contributed by atoms with E-state index in [2.05, 4.69) is 6.92 Å². The van der Waals surface area contributed by atoms with Crippen LogP contribution in [-0.4, -0.2) is 18.4 Å². The van der Waals surface area contributed by atoms with Crippen LogP contribution in [0.2, 0.25) is 0 Å². The van der Waals surface area contributed by atoms with E-state index in [1.54, 1.807) is 4.90 Å². The molecule has 0 aliphatic carbocycles. The molecule has 2 aromatic rings. The molecule has 0 spiro atoms. The first-order chi connectivity index (χ1) is 12.0. The Kier molecular flexibility index (Phi) is 4.88. The average molecular weight is 337 g/mol. The van der Waals surface area contributed by atoms with Gasteiger partial charge in [-0.05, 0) is 55.2 Å². The summed E-state index contributed by atoms with van der Waals surface area (Å²) in [6, 6.07) is 13.5. The number of ether oxygens (including phenoxy) is 1. The van der Waals surface area contributed by atoms with Gasteiger partial charge in [-0.3, -0.25) is 9.59 Å². The fraction of sp³-hybridized carbons (Fsp3) is 0.333. The van der Waals surface area contributed by atoms with Gasteiger partial charge in [0.15, 0.2) is 0 Å². The highest BCUT2D eigenvalue weighted by atomic mass is 16.5. The van der Waals surface area contributed by atoms with Crippen molar-refractivity contribution >= 4 is 17.6 Å². The molecule has 0 aromatic heterocycles. The lowest BCUT2D eigenvalue weighted by Gasteiger charge is -2.19. The molecule has 130 valence electrons. The Bertz CT molecular complexity index is 792. The number of esters is 1. The molecule has 0 unspecified atom stereocenters. The number of benzene rings is 2. The molecule has 4 heteroatoms. The molecule has 4 nitrogen and oxygen atoms in total. The topological polar surface area (TPSA) is 46.6 Å². The fourth-order valence-corrected chi connectivity index (χ4v) is 3.36. The maximum absolute atomic E-state index is 12.5. The number of hydrogen-bond donors (Lipinski definition) is 0. The van der Waals surface area contributed by atoms with Gasteiger partial charge in [0.25, 0.3) is 0 Å². The van der Waals surface area contributed by atoms with Crippen molar-refractivity contribution in [3.8, 4) is 5.75 Å². The monoisotopic (exact) mass is 337 g/mol. The van der Waals surface area contributed by atoms with Crippen LogP contribution in [0.3, 0.4) is 0 Å². The number of nitrogens with zero attached hydrogens (tertiary/aromatic N) is 1. The first-order valence-corrected chi connectivity index (χ1v) is 8.66. The van der Waals surface area contributed by atoms with Gasteiger partial charge in [-0.1, -0.05) is 31.2 Å². The molecule has 3 rings (SSSR count). The zero-order valence-electron chi connectivity index (χ0n) is 14.9. The molecule has 1 fully saturated rings. The van der Waals surface area contributed by atoms with E-state index >= 15 is 0 Å². The number of carbonyl (C=O) groups excluding carboxylic acids is 2. The fourth-order valence-electron chi connectivity index (χ4n) is 3.36. The second-order valence-electron chi connectivity index (χ2n) is 6.63. The van der Waals surface area contributed by atoms with Gasteiger partial charge < -0.3 is 9.64 Å². The summed E-state index contributed by atoms with van der Waals surface area (Å²) in [6.45, 7) is 6.37. The number of rotatable bonds is 4. The summed E-state index contributed by atoms with van der Waals surface area (Å²) in [4.78, 5) is 26.7. The number of anilines is 1. The van der Waals surface area contributed by atoms with Crippen molar-refractivity contribution in [2.24, 2.45) is 5.92 Å². The molecule has 1 heterocycles. The highest BCUT2D eigenvalue weighted by Crippen LogP contribution is 2.29. The molecule has 2 aromatic carbocycles. The third kappa shape index (κ3) is 3.73. The molecule has 0 N–H and O–H groups in total. The molecule has 1 atom stereocenters. The van der Waals surface area contributed by atoms with Crippen molar-refractivity contribution < 1.29 is 14.3 Å². The largest absolute Gasteiger partial charge is 0.426 e. The minimum Gasteiger partial charge on any atom is -0.426 e. The van der Waals surface area contributed by atoms with Crippen LogP contribution in [0.1, 0.15) is 30.0 Å². The molecular formula is C21H23NO3. The summed E-state index contributed by atoms with van der Waals surface area (Å²) in [5, 5.41) is 0. The van der Waals surface area contributed by atoms with Gasteiger partial charge in [-0.2, -0.15) is 0 Å². The lowest BCUT2D eigenvalue weighted by Crippen LogP contribution is -2.28. The second-order valence-corrected chi connectivity index (χ2v) is 6.63. The highest BCUT2D eigenvalue weighted by Gasteiger charge is 2.37. The van der Waals surface area contributed by atoms with Crippen LogP contribution >= 0.6 is 0 Å². The first-order valence-electron chi connectivity index (χ1n) is 8.66. The van der Waals surface area contributed by atoms with Gasteiger partial charge >= 0.3 is 5.97 Å². The predicted molar refractivity (Wildman–Crippen MR) is 97.8 cm³/mol. The van der Waals surface area contributed by atoms with Crippen molar-refractivity contribution in [1.82, 2.24) is 0 Å². The zero-order chi connectivity index (χ0) is 18.0. The van der Waals surface area contributed by atoms with Gasteiger partial charge in [0.2, 0.25) is 5.91 Å². The van der Waals surface area contributed by atoms with E-state index in [1.807, 2.05) is 56.3 Å². The van der Waals surface area contributed by atoms with Crippen LogP contribution in [0.4, 0.5) is 5.69 Å². The summed E-state index contributed by atoms with van der Waals surface area (Å²) < 4.78 is 5.53. The Hall–Kier alpha value is -2.62. The summed E-state index contributed by atoms with van der Waals surface area (Å²) in [5.74, 6) is -0.251. The Morgan fingerprint density at radius 1 is 1.16 bits per heavy atom. The smallest absolute Gasteiger partial charge is 0.316 e. The van der Waals surface area contributed by atoms with Crippen molar-refractivity contribution in [3.05, 3.63) is 59.2 Å². The van der Waals surface area contributed by atoms with E-state index in [0.717, 1.165) is 28.8 Å². The normalized spacial score (nSPS) is 17.0. The Morgan fingerprint density at radius 2 is 1.84 bits per heavy atom. The van der Waals surface area contributed by atoms with E-state index in [1.165, 1.54) is 0 Å². The highest BCUT2D eigenvalue weighted by molar-refractivity contribution is 6.00. The van der Waals surface area contributed by atoms with Crippen LogP contribution < -0.4 is 9.64 Å². The molecular weight excluding hydrogens is 314 g/mol. The van der Waals surface area contributed by atoms with Gasteiger partial charge in [0, 0.05) is 18.7 Å². The van der Waals surface area contributed by atoms with Crippen LogP contribution in [0, 0.1) is 19.8 Å². The number of hydrogen-bond acceptors (Lipinski definition) is 3. The van der Waals surface area contributed by atoms with Crippen molar-refractivity contribution in [3.63, 3.8) is 0 Å². The second kappa shape index (κ2) is 7.09. The molecule has 25 heavy (non-hydrogen) atoms. The van der Waals surface area contributed by atoms with Gasteiger partial charge in [-0.15, -0.1) is 0 Å². The van der Waals surface area contributed by atoms with E-state index in [4.69, 9.17) is 4.74 Å². The molecule has 1 saturated heterocycles. The van der Waals surface area contributed by atoms with Crippen LogP contribution in [0.25, 0.3) is 0 Å². The summed E-state index contributed by atoms with van der Waals surface area (Å²) in [7, 11) is 0. The molecule has 1 amide bonds. The Balaban J connectivity index is 1.74. The number of aryl methyl sites for hydroxylation is 3. The minimum absolute atomic E-state index is 0.0247. The maximum Gasteiger partial charge on any atom is 0.316 e. The van der Waals surface area contributed by atoms with Crippen molar-refractivity contribution in [1.29, 1.82) is 0 Å². The van der Waals surface area contributed by atoms with E-state index < -0.39 is 5.92 Å². The lowest BCUT2D eigenvalue weighted by atomic mass is 10.1. The zero-order valence-corrected chi connectivity index (χ0v) is 14.9. The number of amides is 1. The molecule has 0 bridgehead atoms. The molecule has 1 aliphatic heterocycles. The summed E-state index contributed by atoms with van der Waals surface area (Å²) >= 11 is 0. The van der Waals surface area contributed by atoms with Crippen LogP contribution in [-0.2, 0) is 16.0 Å². The van der Waals surface area contributed by atoms with Crippen molar-refractivity contribution in [2.45, 2.75) is 33.6 Å². The molecule has 0 radical (unpaired) electrons. The van der Waals surface area contributed by atoms with E-state index in [0.29, 0.717) is 12.3 Å². The van der Waals surface area contributed by atoms with Crippen molar-refractivity contribution in [2.75, 3.05) is 11.4 Å². The predicted octanol–water partition coefficient (Wildman–Crippen LogP) is 3.82. The van der Waals surface area contributed by atoms with E-state index in [-0.39, 0.29) is 18.3 Å². The number of carbonyl (C=O) groups is 2. The third-order valence-corrected chi connectivity index (χ3v) is 4.54. The van der Waals surface area contributed by atoms with E-state index in [9.17, 15) is 9.59 Å². The SMILES string of the molecule is CCc1ccccc1N1C[C@@H](C(=O)Oc2cc(C)cc(C)c2)CC1=O. The summed E-state index contributed by atoms with van der Waals surface area (Å²) in [6.07, 6.45) is 1.04. The Labute approximate surface area is 148 Å². The molecule has 0 saturated carbocycles. The van der Waals surface area contributed by atoms with Gasteiger partial charge in [-0.25, -0.2) is 0 Å². The standard InChI is InChI=1S/C21H23NO3/c1-4-16-7-5-6-8-19(16)22-13-17(12-20(22)23)21(24)25-18-10-14(2)9-15(3)11-18/h5-11,17H,4,12-13H2,1-3H3/t17-/m0/s1. The third-order valence-electron chi connectivity index (χ3n) is 4.54. The van der Waals surface area contributed by atoms with Crippen LogP contribution in [0.15, 0.2) is 42.5 Å². The maximum atomic E-state index is 12.5. The minimum atomic E-state index is -0.432. The van der Waals surface area contributed by atoms with Gasteiger partial charge in [0.05, 0.1) is 5.92 Å². The quantitative estimate of drug-likeness (QED) is 0.629. The first kappa shape index (κ1) is 17.2. The number of para-hydroxylation sites is 1. The lowest BCUT2D eigenvalue weighted by molar-refractivity contribution is -0.139. The van der Waals surface area contributed by atoms with Gasteiger partial charge in [0.1, 0.15) is 5.75 Å². The Morgan fingerprint density at radius 3 is 2.52 bits per heavy atom.